The topological polar surface area (TPSA) is 21.6 Å². The molecule has 0 N–H and O–H groups in total. The Morgan fingerprint density at radius 3 is 3.00 bits per heavy atom. The van der Waals surface area contributed by atoms with E-state index in [0.29, 0.717) is 6.61 Å². The second kappa shape index (κ2) is 3.37. The SMILES string of the molecule is C=NOCc1ccc(C)s1. The third kappa shape index (κ3) is 1.84. The van der Waals surface area contributed by atoms with Crippen molar-refractivity contribution in [2.45, 2.75) is 13.5 Å². The quantitative estimate of drug-likeness (QED) is 0.484. The van der Waals surface area contributed by atoms with E-state index in [2.05, 4.69) is 24.9 Å². The molecule has 54 valence electrons. The van der Waals surface area contributed by atoms with Gasteiger partial charge in [0.25, 0.3) is 0 Å². The molecule has 1 rings (SSSR count). The van der Waals surface area contributed by atoms with Crippen molar-refractivity contribution >= 4 is 18.1 Å². The molecule has 1 heterocycles. The molecule has 0 amide bonds. The second-order valence-electron chi connectivity index (χ2n) is 1.91. The van der Waals surface area contributed by atoms with Crippen LogP contribution in [0.1, 0.15) is 9.75 Å². The van der Waals surface area contributed by atoms with Gasteiger partial charge in [-0.25, -0.2) is 0 Å². The minimum atomic E-state index is 0.544. The van der Waals surface area contributed by atoms with Crippen LogP contribution in [0.2, 0.25) is 0 Å². The summed E-state index contributed by atoms with van der Waals surface area (Å²) in [5, 5.41) is 3.30. The van der Waals surface area contributed by atoms with Crippen molar-refractivity contribution in [1.29, 1.82) is 0 Å². The molecule has 2 nitrogen and oxygen atoms in total. The van der Waals surface area contributed by atoms with Crippen LogP contribution >= 0.6 is 11.3 Å². The van der Waals surface area contributed by atoms with E-state index >= 15 is 0 Å². The normalized spacial score (nSPS) is 9.30. The van der Waals surface area contributed by atoms with Gasteiger partial charge in [-0.2, -0.15) is 0 Å². The number of oxime groups is 1. The van der Waals surface area contributed by atoms with E-state index in [0.717, 1.165) is 0 Å². The van der Waals surface area contributed by atoms with Gasteiger partial charge in [-0.3, -0.25) is 0 Å². The van der Waals surface area contributed by atoms with Gasteiger partial charge in [0.05, 0.1) is 0 Å². The Balaban J connectivity index is 2.49. The molecular weight excluding hydrogens is 146 g/mol. The minimum absolute atomic E-state index is 0.544. The number of rotatable bonds is 3. The summed E-state index contributed by atoms with van der Waals surface area (Å²) in [4.78, 5) is 7.24. The van der Waals surface area contributed by atoms with E-state index in [1.54, 1.807) is 11.3 Å². The maximum atomic E-state index is 4.76. The zero-order valence-corrected chi connectivity index (χ0v) is 6.65. The molecule has 0 unspecified atom stereocenters. The summed E-state index contributed by atoms with van der Waals surface area (Å²) >= 11 is 1.71. The molecule has 0 saturated heterocycles. The van der Waals surface area contributed by atoms with Crippen LogP contribution in [0.25, 0.3) is 0 Å². The Morgan fingerprint density at radius 2 is 2.50 bits per heavy atom. The van der Waals surface area contributed by atoms with Crippen LogP contribution in [0.4, 0.5) is 0 Å². The van der Waals surface area contributed by atoms with Crippen molar-refractivity contribution in [2.24, 2.45) is 5.16 Å². The van der Waals surface area contributed by atoms with Gasteiger partial charge in [-0.05, 0) is 19.1 Å². The molecule has 0 radical (unpaired) electrons. The van der Waals surface area contributed by atoms with E-state index in [-0.39, 0.29) is 0 Å². The Bertz CT molecular complexity index is 219. The molecule has 1 aromatic rings. The summed E-state index contributed by atoms with van der Waals surface area (Å²) in [6.07, 6.45) is 0. The van der Waals surface area contributed by atoms with Crippen molar-refractivity contribution in [3.05, 3.63) is 21.9 Å². The molecule has 1 aromatic heterocycles. The lowest BCUT2D eigenvalue weighted by Gasteiger charge is -1.91. The van der Waals surface area contributed by atoms with Gasteiger partial charge in [0.2, 0.25) is 0 Å². The second-order valence-corrected chi connectivity index (χ2v) is 3.29. The number of nitrogens with zero attached hydrogens (tertiary/aromatic N) is 1. The van der Waals surface area contributed by atoms with Crippen molar-refractivity contribution in [3.63, 3.8) is 0 Å². The van der Waals surface area contributed by atoms with Crippen LogP contribution in [0.3, 0.4) is 0 Å². The summed E-state index contributed by atoms with van der Waals surface area (Å²) in [6, 6.07) is 4.09. The lowest BCUT2D eigenvalue weighted by molar-refractivity contribution is 0.135. The fourth-order valence-corrected chi connectivity index (χ4v) is 1.47. The molecule has 10 heavy (non-hydrogen) atoms. The van der Waals surface area contributed by atoms with Crippen LogP contribution in [0.5, 0.6) is 0 Å². The predicted molar refractivity (Wildman–Crippen MR) is 43.4 cm³/mol. The maximum Gasteiger partial charge on any atom is 0.151 e. The van der Waals surface area contributed by atoms with Crippen LogP contribution in [0.15, 0.2) is 17.3 Å². The first-order valence-electron chi connectivity index (χ1n) is 2.96. The number of thiophene rings is 1. The standard InChI is InChI=1S/C7H9NOS/c1-6-3-4-7(10-6)5-9-8-2/h3-4H,2,5H2,1H3. The highest BCUT2D eigenvalue weighted by molar-refractivity contribution is 7.11. The minimum Gasteiger partial charge on any atom is -0.391 e. The number of hydrogen-bond acceptors (Lipinski definition) is 3. The third-order valence-corrected chi connectivity index (χ3v) is 2.07. The molecule has 0 aliphatic heterocycles. The first-order valence-corrected chi connectivity index (χ1v) is 3.78. The highest BCUT2D eigenvalue weighted by Crippen LogP contribution is 2.15. The first-order chi connectivity index (χ1) is 4.83. The molecule has 0 atom stereocenters. The van der Waals surface area contributed by atoms with Crippen LogP contribution in [-0.2, 0) is 11.4 Å². The molecule has 0 aliphatic carbocycles. The molecule has 0 aromatic carbocycles. The Morgan fingerprint density at radius 1 is 1.70 bits per heavy atom. The van der Waals surface area contributed by atoms with Gasteiger partial charge in [-0.15, -0.1) is 16.5 Å². The molecular formula is C7H9NOS. The number of hydrogen-bond donors (Lipinski definition) is 0. The van der Waals surface area contributed by atoms with Crippen molar-refractivity contribution in [3.8, 4) is 0 Å². The highest BCUT2D eigenvalue weighted by atomic mass is 32.1. The summed E-state index contributed by atoms with van der Waals surface area (Å²) in [5.74, 6) is 0. The Hall–Kier alpha value is -0.830. The summed E-state index contributed by atoms with van der Waals surface area (Å²) in [7, 11) is 0. The van der Waals surface area contributed by atoms with Crippen LogP contribution < -0.4 is 0 Å². The van der Waals surface area contributed by atoms with E-state index < -0.39 is 0 Å². The smallest absolute Gasteiger partial charge is 0.151 e. The van der Waals surface area contributed by atoms with Crippen molar-refractivity contribution in [2.75, 3.05) is 0 Å². The van der Waals surface area contributed by atoms with Crippen LogP contribution in [-0.4, -0.2) is 6.72 Å². The molecule has 3 heteroatoms. The fourth-order valence-electron chi connectivity index (χ4n) is 0.672. The Kier molecular flexibility index (Phi) is 2.45. The fraction of sp³-hybridized carbons (Fsp3) is 0.286. The lowest BCUT2D eigenvalue weighted by atomic mass is 10.4. The molecule has 0 spiro atoms. The first kappa shape index (κ1) is 7.28. The summed E-state index contributed by atoms with van der Waals surface area (Å²) in [6.45, 7) is 5.82. The zero-order chi connectivity index (χ0) is 7.40. The average Bonchev–Trinajstić information content (AvgIpc) is 2.31. The Labute approximate surface area is 64.1 Å². The third-order valence-electron chi connectivity index (χ3n) is 1.09. The van der Waals surface area contributed by atoms with E-state index in [1.807, 2.05) is 6.07 Å². The van der Waals surface area contributed by atoms with Crippen LogP contribution in [0, 0.1) is 6.92 Å². The van der Waals surface area contributed by atoms with E-state index in [9.17, 15) is 0 Å². The van der Waals surface area contributed by atoms with Gasteiger partial charge in [-0.1, -0.05) is 0 Å². The number of aryl methyl sites for hydroxylation is 1. The van der Waals surface area contributed by atoms with E-state index in [1.165, 1.54) is 9.75 Å². The summed E-state index contributed by atoms with van der Waals surface area (Å²) in [5.41, 5.74) is 0. The zero-order valence-electron chi connectivity index (χ0n) is 5.83. The maximum absolute atomic E-state index is 4.76. The van der Waals surface area contributed by atoms with Gasteiger partial charge >= 0.3 is 0 Å². The molecule has 0 bridgehead atoms. The van der Waals surface area contributed by atoms with Gasteiger partial charge in [0, 0.05) is 16.5 Å². The van der Waals surface area contributed by atoms with Gasteiger partial charge < -0.3 is 4.84 Å². The van der Waals surface area contributed by atoms with Gasteiger partial charge in [0.15, 0.2) is 6.61 Å². The summed E-state index contributed by atoms with van der Waals surface area (Å²) < 4.78 is 0. The largest absolute Gasteiger partial charge is 0.391 e. The van der Waals surface area contributed by atoms with Crippen molar-refractivity contribution < 1.29 is 4.84 Å². The molecule has 0 saturated carbocycles. The average molecular weight is 155 g/mol. The molecule has 0 fully saturated rings. The predicted octanol–water partition coefficient (Wildman–Crippen LogP) is 2.19. The lowest BCUT2D eigenvalue weighted by Crippen LogP contribution is -1.78. The molecule has 0 aliphatic rings. The van der Waals surface area contributed by atoms with Crippen molar-refractivity contribution in [1.82, 2.24) is 0 Å². The van der Waals surface area contributed by atoms with E-state index in [4.69, 9.17) is 4.84 Å². The monoisotopic (exact) mass is 155 g/mol. The highest BCUT2D eigenvalue weighted by Gasteiger charge is 1.94. The van der Waals surface area contributed by atoms with Gasteiger partial charge in [0.1, 0.15) is 0 Å².